The van der Waals surface area contributed by atoms with Crippen LogP contribution in [-0.2, 0) is 0 Å². The van der Waals surface area contributed by atoms with Crippen molar-refractivity contribution < 1.29 is 0 Å². The first-order chi connectivity index (χ1) is 5.24. The van der Waals surface area contributed by atoms with E-state index in [1.165, 1.54) is 0 Å². The maximum Gasteiger partial charge on any atom is 0.0363 e. The fraction of sp³-hybridized carbons (Fsp3) is 0.333. The molecule has 0 spiro atoms. The topological polar surface area (TPSA) is 0 Å². The zero-order chi connectivity index (χ0) is 8.69. The zero-order valence-corrected chi connectivity index (χ0v) is 8.28. The molecule has 0 fully saturated rings. The highest BCUT2D eigenvalue weighted by Gasteiger charge is 1.85. The summed E-state index contributed by atoms with van der Waals surface area (Å²) in [6, 6.07) is 0. The second-order valence-corrected chi connectivity index (χ2v) is 2.70. The summed E-state index contributed by atoms with van der Waals surface area (Å²) in [4.78, 5) is 0. The van der Waals surface area contributed by atoms with Crippen LogP contribution in [0, 0.1) is 0 Å². The maximum atomic E-state index is 5.73. The largest absolute Gasteiger partial charge is 0.0927 e. The molecule has 0 unspecified atom stereocenters. The van der Waals surface area contributed by atoms with Gasteiger partial charge in [0.2, 0.25) is 0 Å². The SMILES string of the molecule is C\C=C(Cl)/C=C\C(=C\Cl)CC. The molecule has 0 saturated heterocycles. The summed E-state index contributed by atoms with van der Waals surface area (Å²) in [5.74, 6) is 0. The number of hydrogen-bond acceptors (Lipinski definition) is 0. The molecule has 0 amide bonds. The van der Waals surface area contributed by atoms with Crippen LogP contribution in [0.3, 0.4) is 0 Å². The van der Waals surface area contributed by atoms with Gasteiger partial charge in [-0.3, -0.25) is 0 Å². The van der Waals surface area contributed by atoms with Crippen molar-refractivity contribution in [3.8, 4) is 0 Å². The number of halogens is 2. The van der Waals surface area contributed by atoms with E-state index in [0.29, 0.717) is 0 Å². The third-order valence-corrected chi connectivity index (χ3v) is 1.91. The summed E-state index contributed by atoms with van der Waals surface area (Å²) in [5.41, 5.74) is 2.64. The van der Waals surface area contributed by atoms with Gasteiger partial charge in [0, 0.05) is 10.6 Å². The van der Waals surface area contributed by atoms with Crippen LogP contribution in [0.5, 0.6) is 0 Å². The predicted octanol–water partition coefficient (Wildman–Crippen LogP) is 4.22. The first-order valence-electron chi connectivity index (χ1n) is 3.53. The minimum atomic E-state index is 0.731. The van der Waals surface area contributed by atoms with Gasteiger partial charge in [0.05, 0.1) is 0 Å². The Morgan fingerprint density at radius 2 is 2.00 bits per heavy atom. The summed E-state index contributed by atoms with van der Waals surface area (Å²) < 4.78 is 0. The summed E-state index contributed by atoms with van der Waals surface area (Å²) >= 11 is 11.2. The predicted molar refractivity (Wildman–Crippen MR) is 53.0 cm³/mol. The second-order valence-electron chi connectivity index (χ2n) is 2.04. The van der Waals surface area contributed by atoms with Gasteiger partial charge >= 0.3 is 0 Å². The Bertz CT molecular complexity index is 188. The minimum absolute atomic E-state index is 0.731. The highest BCUT2D eigenvalue weighted by Crippen LogP contribution is 2.08. The standard InChI is InChI=1S/C9H12Cl2/c1-3-8(7-10)5-6-9(11)4-2/h4-7H,3H2,1-2H3/b6-5-,8-7+,9-4+. The molecule has 0 bridgehead atoms. The van der Waals surface area contributed by atoms with E-state index in [0.717, 1.165) is 17.0 Å². The van der Waals surface area contributed by atoms with Gasteiger partial charge in [0.1, 0.15) is 0 Å². The van der Waals surface area contributed by atoms with Crippen LogP contribution in [0.25, 0.3) is 0 Å². The van der Waals surface area contributed by atoms with Gasteiger partial charge in [0.25, 0.3) is 0 Å². The highest BCUT2D eigenvalue weighted by atomic mass is 35.5. The monoisotopic (exact) mass is 190 g/mol. The van der Waals surface area contributed by atoms with Crippen molar-refractivity contribution in [1.29, 1.82) is 0 Å². The molecule has 0 rings (SSSR count). The summed E-state index contributed by atoms with van der Waals surface area (Å²) in [6.45, 7) is 3.94. The van der Waals surface area contributed by atoms with Gasteiger partial charge in [-0.15, -0.1) is 0 Å². The van der Waals surface area contributed by atoms with Crippen molar-refractivity contribution in [1.82, 2.24) is 0 Å². The Balaban J connectivity index is 4.12. The van der Waals surface area contributed by atoms with E-state index < -0.39 is 0 Å². The molecule has 0 atom stereocenters. The third-order valence-electron chi connectivity index (χ3n) is 1.28. The average molecular weight is 191 g/mol. The second kappa shape index (κ2) is 6.51. The Morgan fingerprint density at radius 3 is 2.36 bits per heavy atom. The molecule has 11 heavy (non-hydrogen) atoms. The fourth-order valence-electron chi connectivity index (χ4n) is 0.514. The highest BCUT2D eigenvalue weighted by molar-refractivity contribution is 6.31. The van der Waals surface area contributed by atoms with Crippen molar-refractivity contribution in [2.45, 2.75) is 20.3 Å². The number of rotatable bonds is 3. The average Bonchev–Trinajstić information content (AvgIpc) is 2.06. The molecule has 2 heteroatoms. The maximum absolute atomic E-state index is 5.73. The molecule has 0 aromatic rings. The first kappa shape index (κ1) is 10.8. The van der Waals surface area contributed by atoms with E-state index in [1.807, 2.05) is 32.1 Å². The molecule has 0 aromatic carbocycles. The zero-order valence-electron chi connectivity index (χ0n) is 6.77. The molecule has 0 aliphatic rings. The van der Waals surface area contributed by atoms with Crippen molar-refractivity contribution in [3.63, 3.8) is 0 Å². The van der Waals surface area contributed by atoms with Crippen LogP contribution in [0.2, 0.25) is 0 Å². The molecular formula is C9H12Cl2. The molecule has 0 aliphatic carbocycles. The van der Waals surface area contributed by atoms with Gasteiger partial charge < -0.3 is 0 Å². The van der Waals surface area contributed by atoms with Gasteiger partial charge in [-0.05, 0) is 25.0 Å². The van der Waals surface area contributed by atoms with Crippen LogP contribution < -0.4 is 0 Å². The van der Waals surface area contributed by atoms with Gasteiger partial charge in [-0.25, -0.2) is 0 Å². The van der Waals surface area contributed by atoms with E-state index in [2.05, 4.69) is 0 Å². The lowest BCUT2D eigenvalue weighted by Gasteiger charge is -1.91. The Hall–Kier alpha value is -0.200. The first-order valence-corrected chi connectivity index (χ1v) is 4.35. The van der Waals surface area contributed by atoms with E-state index in [9.17, 15) is 0 Å². The summed E-state index contributed by atoms with van der Waals surface area (Å²) in [6.07, 6.45) is 6.50. The molecule has 0 radical (unpaired) electrons. The van der Waals surface area contributed by atoms with Crippen LogP contribution in [0.1, 0.15) is 20.3 Å². The van der Waals surface area contributed by atoms with E-state index in [4.69, 9.17) is 23.2 Å². The van der Waals surface area contributed by atoms with Gasteiger partial charge in [-0.2, -0.15) is 0 Å². The summed E-state index contributed by atoms with van der Waals surface area (Å²) in [5, 5.41) is 0.731. The summed E-state index contributed by atoms with van der Waals surface area (Å²) in [7, 11) is 0. The number of hydrogen-bond donors (Lipinski definition) is 0. The van der Waals surface area contributed by atoms with Crippen molar-refractivity contribution in [2.75, 3.05) is 0 Å². The van der Waals surface area contributed by atoms with E-state index in [-0.39, 0.29) is 0 Å². The number of allylic oxidation sites excluding steroid dienone is 5. The molecule has 0 aliphatic heterocycles. The molecular weight excluding hydrogens is 179 g/mol. The van der Waals surface area contributed by atoms with Crippen LogP contribution in [-0.4, -0.2) is 0 Å². The minimum Gasteiger partial charge on any atom is -0.0927 e. The van der Waals surface area contributed by atoms with Gasteiger partial charge in [-0.1, -0.05) is 42.3 Å². The molecule has 0 N–H and O–H groups in total. The Kier molecular flexibility index (Phi) is 6.39. The van der Waals surface area contributed by atoms with Crippen LogP contribution in [0.15, 0.2) is 34.4 Å². The molecule has 62 valence electrons. The van der Waals surface area contributed by atoms with Crippen LogP contribution >= 0.6 is 23.2 Å². The third kappa shape index (κ3) is 5.11. The lowest BCUT2D eigenvalue weighted by molar-refractivity contribution is 1.15. The van der Waals surface area contributed by atoms with Crippen molar-refractivity contribution in [2.24, 2.45) is 0 Å². The normalized spacial score (nSPS) is 14.5. The van der Waals surface area contributed by atoms with Gasteiger partial charge in [0.15, 0.2) is 0 Å². The molecule has 0 saturated carbocycles. The Morgan fingerprint density at radius 1 is 1.36 bits per heavy atom. The van der Waals surface area contributed by atoms with Crippen molar-refractivity contribution >= 4 is 23.2 Å². The molecule has 0 aromatic heterocycles. The van der Waals surface area contributed by atoms with Crippen molar-refractivity contribution in [3.05, 3.63) is 34.4 Å². The Labute approximate surface area is 78.2 Å². The molecule has 0 heterocycles. The van der Waals surface area contributed by atoms with E-state index in [1.54, 1.807) is 5.54 Å². The van der Waals surface area contributed by atoms with E-state index >= 15 is 0 Å². The fourth-order valence-corrected chi connectivity index (χ4v) is 0.804. The smallest absolute Gasteiger partial charge is 0.0363 e. The van der Waals surface area contributed by atoms with Crippen LogP contribution in [0.4, 0.5) is 0 Å². The quantitative estimate of drug-likeness (QED) is 0.586. The lowest BCUT2D eigenvalue weighted by atomic mass is 10.2. The lowest BCUT2D eigenvalue weighted by Crippen LogP contribution is -1.71. The molecule has 0 nitrogen and oxygen atoms in total.